The number of nitrogens with two attached hydrogens (primary N) is 1. The number of nitrogens with one attached hydrogen (secondary N) is 1. The maximum atomic E-state index is 13.2. The molecule has 0 radical (unpaired) electrons. The molecular formula is C23H22N4O5S. The van der Waals surface area contributed by atoms with Crippen LogP contribution >= 0.6 is 0 Å². The van der Waals surface area contributed by atoms with Crippen LogP contribution in [0.2, 0.25) is 0 Å². The van der Waals surface area contributed by atoms with Crippen LogP contribution in [0, 0.1) is 5.41 Å². The van der Waals surface area contributed by atoms with Crippen molar-refractivity contribution in [3.05, 3.63) is 95.8 Å². The first-order valence-corrected chi connectivity index (χ1v) is 11.5. The van der Waals surface area contributed by atoms with Crippen molar-refractivity contribution >= 4 is 33.6 Å². The minimum atomic E-state index is -4.12. The fraction of sp³-hybridized carbons (Fsp3) is 0.0870. The van der Waals surface area contributed by atoms with Gasteiger partial charge in [-0.2, -0.15) is 8.42 Å². The van der Waals surface area contributed by atoms with Gasteiger partial charge < -0.3 is 10.5 Å². The van der Waals surface area contributed by atoms with Crippen LogP contribution in [-0.4, -0.2) is 36.6 Å². The van der Waals surface area contributed by atoms with Crippen LogP contribution in [0.3, 0.4) is 0 Å². The zero-order valence-corrected chi connectivity index (χ0v) is 18.5. The zero-order chi connectivity index (χ0) is 23.8. The number of ether oxygens (including phenoxy) is 1. The van der Waals surface area contributed by atoms with Crippen molar-refractivity contribution in [1.82, 2.24) is 10.0 Å². The lowest BCUT2D eigenvalue weighted by Crippen LogP contribution is -2.42. The van der Waals surface area contributed by atoms with Gasteiger partial charge in [0.25, 0.3) is 16.0 Å². The Morgan fingerprint density at radius 1 is 1.12 bits per heavy atom. The topological polar surface area (TPSA) is 136 Å². The number of guanidine groups is 1. The summed E-state index contributed by atoms with van der Waals surface area (Å²) in [5.74, 6) is -1.27. The van der Waals surface area contributed by atoms with Crippen LogP contribution in [0.4, 0.5) is 0 Å². The maximum Gasteiger partial charge on any atom is 0.286 e. The predicted octanol–water partition coefficient (Wildman–Crippen LogP) is 2.81. The summed E-state index contributed by atoms with van der Waals surface area (Å²) in [6, 6.07) is 19.9. The molecule has 0 saturated carbocycles. The third-order valence-corrected chi connectivity index (χ3v) is 4.65. The molecule has 9 nitrogen and oxygen atoms in total. The summed E-state index contributed by atoms with van der Waals surface area (Å²) < 4.78 is 33.6. The lowest BCUT2D eigenvalue weighted by Gasteiger charge is -2.19. The van der Waals surface area contributed by atoms with E-state index in [1.54, 1.807) is 36.4 Å². The van der Waals surface area contributed by atoms with Crippen molar-refractivity contribution in [3.8, 4) is 5.75 Å². The highest BCUT2D eigenvalue weighted by Crippen LogP contribution is 2.23. The number of pyridine rings is 1. The SMILES string of the molecule is CS(=O)(=O)ON(C(=N)N)C(=O)/C(=C/c1cccc(OCc2ccccc2)c1)c1cccnc1. The van der Waals surface area contributed by atoms with Gasteiger partial charge in [0.05, 0.1) is 11.8 Å². The van der Waals surface area contributed by atoms with Gasteiger partial charge in [0.15, 0.2) is 0 Å². The number of carbonyl (C=O) groups excluding carboxylic acids is 1. The first kappa shape index (κ1) is 23.6. The predicted molar refractivity (Wildman–Crippen MR) is 124 cm³/mol. The summed E-state index contributed by atoms with van der Waals surface area (Å²) in [5, 5.41) is 7.81. The molecule has 3 N–H and O–H groups in total. The Hall–Kier alpha value is -4.02. The molecule has 1 aromatic heterocycles. The summed E-state index contributed by atoms with van der Waals surface area (Å²) in [6.07, 6.45) is 5.21. The van der Waals surface area contributed by atoms with Crippen LogP contribution in [0.15, 0.2) is 79.1 Å². The van der Waals surface area contributed by atoms with Crippen LogP contribution in [0.25, 0.3) is 11.6 Å². The van der Waals surface area contributed by atoms with Gasteiger partial charge in [-0.1, -0.05) is 48.5 Å². The summed E-state index contributed by atoms with van der Waals surface area (Å²) in [7, 11) is -4.12. The molecule has 0 aliphatic carbocycles. The number of hydrogen-bond acceptors (Lipinski definition) is 7. The molecule has 0 unspecified atom stereocenters. The number of amides is 1. The zero-order valence-electron chi connectivity index (χ0n) is 17.7. The highest BCUT2D eigenvalue weighted by Gasteiger charge is 2.27. The maximum absolute atomic E-state index is 13.2. The second kappa shape index (κ2) is 10.5. The van der Waals surface area contributed by atoms with Gasteiger partial charge in [-0.3, -0.25) is 15.2 Å². The van der Waals surface area contributed by atoms with Crippen molar-refractivity contribution in [3.63, 3.8) is 0 Å². The normalized spacial score (nSPS) is 11.6. The quantitative estimate of drug-likeness (QED) is 0.225. The molecule has 3 rings (SSSR count). The van der Waals surface area contributed by atoms with E-state index in [1.807, 2.05) is 30.3 Å². The number of benzene rings is 2. The van der Waals surface area contributed by atoms with Crippen LogP contribution in [-0.2, 0) is 25.8 Å². The van der Waals surface area contributed by atoms with E-state index in [1.165, 1.54) is 18.5 Å². The second-order valence-electron chi connectivity index (χ2n) is 6.91. The Morgan fingerprint density at radius 3 is 2.52 bits per heavy atom. The fourth-order valence-corrected chi connectivity index (χ4v) is 3.24. The van der Waals surface area contributed by atoms with Gasteiger partial charge in [-0.05, 0) is 35.4 Å². The standard InChI is InChI=1S/C23H22N4O5S/c1-33(29,30)32-27(23(24)25)22(28)21(19-10-6-12-26-15-19)14-18-9-5-11-20(13-18)31-16-17-7-3-2-4-8-17/h2-15H,16H2,1H3,(H3,24,25)/b21-14+. The Morgan fingerprint density at radius 2 is 1.88 bits per heavy atom. The van der Waals surface area contributed by atoms with E-state index < -0.39 is 22.0 Å². The largest absolute Gasteiger partial charge is 0.489 e. The number of rotatable bonds is 8. The number of hydrogen-bond donors (Lipinski definition) is 2. The van der Waals surface area contributed by atoms with Gasteiger partial charge >= 0.3 is 0 Å². The molecule has 10 heteroatoms. The van der Waals surface area contributed by atoms with E-state index in [0.29, 0.717) is 23.5 Å². The number of nitrogens with zero attached hydrogens (tertiary/aromatic N) is 2. The van der Waals surface area contributed by atoms with Crippen LogP contribution < -0.4 is 10.5 Å². The molecule has 0 aliphatic heterocycles. The van der Waals surface area contributed by atoms with E-state index in [2.05, 4.69) is 9.27 Å². The Labute approximate surface area is 191 Å². The smallest absolute Gasteiger partial charge is 0.286 e. The van der Waals surface area contributed by atoms with Gasteiger partial charge in [0.2, 0.25) is 5.96 Å². The molecule has 33 heavy (non-hydrogen) atoms. The van der Waals surface area contributed by atoms with Crippen molar-refractivity contribution < 1.29 is 22.2 Å². The third kappa shape index (κ3) is 6.99. The molecule has 3 aromatic rings. The monoisotopic (exact) mass is 466 g/mol. The Bertz CT molecular complexity index is 1260. The van der Waals surface area contributed by atoms with E-state index in [-0.39, 0.29) is 10.6 Å². The van der Waals surface area contributed by atoms with Crippen molar-refractivity contribution in [2.24, 2.45) is 5.73 Å². The Balaban J connectivity index is 1.95. The summed E-state index contributed by atoms with van der Waals surface area (Å²) >= 11 is 0. The lowest BCUT2D eigenvalue weighted by atomic mass is 10.0. The molecule has 0 atom stereocenters. The first-order valence-electron chi connectivity index (χ1n) is 9.70. The van der Waals surface area contributed by atoms with E-state index in [9.17, 15) is 13.2 Å². The van der Waals surface area contributed by atoms with E-state index >= 15 is 0 Å². The molecular weight excluding hydrogens is 444 g/mol. The van der Waals surface area contributed by atoms with Crippen molar-refractivity contribution in [2.45, 2.75) is 6.61 Å². The van der Waals surface area contributed by atoms with Crippen molar-refractivity contribution in [2.75, 3.05) is 6.26 Å². The summed E-state index contributed by atoms with van der Waals surface area (Å²) in [6.45, 7) is 0.364. The summed E-state index contributed by atoms with van der Waals surface area (Å²) in [4.78, 5) is 17.2. The highest BCUT2D eigenvalue weighted by molar-refractivity contribution is 7.85. The minimum absolute atomic E-state index is 0.0159. The fourth-order valence-electron chi connectivity index (χ4n) is 2.82. The van der Waals surface area contributed by atoms with Gasteiger partial charge in [-0.15, -0.1) is 9.35 Å². The Kier molecular flexibility index (Phi) is 7.54. The van der Waals surface area contributed by atoms with E-state index in [4.69, 9.17) is 15.9 Å². The summed E-state index contributed by atoms with van der Waals surface area (Å²) in [5.41, 5.74) is 7.39. The van der Waals surface area contributed by atoms with E-state index in [0.717, 1.165) is 11.8 Å². The number of carbonyl (C=O) groups is 1. The molecule has 0 bridgehead atoms. The van der Waals surface area contributed by atoms with Gasteiger partial charge in [0, 0.05) is 18.0 Å². The molecule has 1 heterocycles. The lowest BCUT2D eigenvalue weighted by molar-refractivity contribution is -0.137. The molecule has 170 valence electrons. The molecule has 0 fully saturated rings. The second-order valence-corrected chi connectivity index (χ2v) is 8.47. The molecule has 2 aromatic carbocycles. The minimum Gasteiger partial charge on any atom is -0.489 e. The van der Waals surface area contributed by atoms with Crippen molar-refractivity contribution in [1.29, 1.82) is 5.41 Å². The number of hydroxylamine groups is 2. The van der Waals surface area contributed by atoms with Crippen LogP contribution in [0.1, 0.15) is 16.7 Å². The highest BCUT2D eigenvalue weighted by atomic mass is 32.2. The first-order chi connectivity index (χ1) is 15.7. The van der Waals surface area contributed by atoms with Gasteiger partial charge in [-0.25, -0.2) is 0 Å². The van der Waals surface area contributed by atoms with Crippen LogP contribution in [0.5, 0.6) is 5.75 Å². The number of aromatic nitrogens is 1. The molecule has 0 spiro atoms. The average Bonchev–Trinajstić information content (AvgIpc) is 2.80. The molecule has 0 aliphatic rings. The molecule has 1 amide bonds. The average molecular weight is 467 g/mol. The molecule has 0 saturated heterocycles. The van der Waals surface area contributed by atoms with Gasteiger partial charge in [0.1, 0.15) is 12.4 Å². The third-order valence-electron chi connectivity index (χ3n) is 4.23.